The van der Waals surface area contributed by atoms with Gasteiger partial charge in [-0.1, -0.05) is 30.3 Å². The van der Waals surface area contributed by atoms with Gasteiger partial charge in [0.25, 0.3) is 0 Å². The minimum absolute atomic E-state index is 0.857. The third-order valence-corrected chi connectivity index (χ3v) is 4.49. The fraction of sp³-hybridized carbons (Fsp3) is 0.0556. The molecule has 3 nitrogen and oxygen atoms in total. The molecule has 22 heavy (non-hydrogen) atoms. The maximum Gasteiger partial charge on any atom is 0.115 e. The van der Waals surface area contributed by atoms with Gasteiger partial charge in [0.2, 0.25) is 0 Å². The normalized spacial score (nSPS) is 11.1. The van der Waals surface area contributed by atoms with Crippen LogP contribution in [0.1, 0.15) is 5.56 Å². The lowest BCUT2D eigenvalue weighted by atomic mass is 10.1. The molecule has 4 aromatic rings. The van der Waals surface area contributed by atoms with Gasteiger partial charge in [-0.25, -0.2) is 4.98 Å². The van der Waals surface area contributed by atoms with Gasteiger partial charge in [-0.15, -0.1) is 11.8 Å². The molecule has 0 saturated carbocycles. The number of hydrogen-bond donors (Lipinski definition) is 0. The van der Waals surface area contributed by atoms with Crippen LogP contribution in [-0.4, -0.2) is 15.0 Å². The highest BCUT2D eigenvalue weighted by Crippen LogP contribution is 2.25. The maximum atomic E-state index is 4.66. The molecule has 0 aliphatic rings. The average molecular weight is 303 g/mol. The molecule has 0 aliphatic heterocycles. The molecule has 0 radical (unpaired) electrons. The van der Waals surface area contributed by atoms with Crippen molar-refractivity contribution in [3.8, 4) is 0 Å². The Labute approximate surface area is 132 Å². The molecule has 0 bridgehead atoms. The number of pyridine rings is 1. The summed E-state index contributed by atoms with van der Waals surface area (Å²) in [4.78, 5) is 13.5. The van der Waals surface area contributed by atoms with Gasteiger partial charge in [0.05, 0.1) is 22.7 Å². The zero-order chi connectivity index (χ0) is 14.8. The van der Waals surface area contributed by atoms with E-state index in [0.29, 0.717) is 0 Å². The highest BCUT2D eigenvalue weighted by atomic mass is 32.2. The van der Waals surface area contributed by atoms with Crippen LogP contribution in [0, 0.1) is 0 Å². The first kappa shape index (κ1) is 13.2. The van der Waals surface area contributed by atoms with E-state index >= 15 is 0 Å². The van der Waals surface area contributed by atoms with E-state index in [0.717, 1.165) is 27.3 Å². The Bertz CT molecular complexity index is 947. The van der Waals surface area contributed by atoms with Crippen LogP contribution in [0.15, 0.2) is 72.0 Å². The van der Waals surface area contributed by atoms with E-state index in [1.54, 1.807) is 11.8 Å². The van der Waals surface area contributed by atoms with Gasteiger partial charge in [-0.2, -0.15) is 0 Å². The topological polar surface area (TPSA) is 38.7 Å². The first-order chi connectivity index (χ1) is 10.9. The Morgan fingerprint density at radius 2 is 1.55 bits per heavy atom. The Morgan fingerprint density at radius 3 is 2.45 bits per heavy atom. The molecule has 0 spiro atoms. The summed E-state index contributed by atoms with van der Waals surface area (Å²) in [5.74, 6) is 0.857. The lowest BCUT2D eigenvalue weighted by Crippen LogP contribution is -1.89. The lowest BCUT2D eigenvalue weighted by Gasteiger charge is -2.06. The Kier molecular flexibility index (Phi) is 3.45. The third kappa shape index (κ3) is 2.53. The summed E-state index contributed by atoms with van der Waals surface area (Å²) >= 11 is 1.70. The van der Waals surface area contributed by atoms with Gasteiger partial charge < -0.3 is 0 Å². The molecule has 0 saturated heterocycles. The van der Waals surface area contributed by atoms with Crippen molar-refractivity contribution in [2.75, 3.05) is 0 Å². The van der Waals surface area contributed by atoms with E-state index in [-0.39, 0.29) is 0 Å². The first-order valence-corrected chi connectivity index (χ1v) is 8.06. The van der Waals surface area contributed by atoms with Crippen LogP contribution in [0.3, 0.4) is 0 Å². The van der Waals surface area contributed by atoms with Crippen molar-refractivity contribution >= 4 is 33.7 Å². The van der Waals surface area contributed by atoms with E-state index in [4.69, 9.17) is 0 Å². The largest absolute Gasteiger partial charge is 0.256 e. The zero-order valence-corrected chi connectivity index (χ0v) is 12.6. The molecule has 0 fully saturated rings. The van der Waals surface area contributed by atoms with E-state index in [9.17, 15) is 0 Å². The molecule has 0 unspecified atom stereocenters. The predicted octanol–water partition coefficient (Wildman–Crippen LogP) is 4.47. The molecule has 4 heteroatoms. The van der Waals surface area contributed by atoms with Crippen molar-refractivity contribution in [1.29, 1.82) is 0 Å². The number of thioether (sulfide) groups is 1. The van der Waals surface area contributed by atoms with Crippen LogP contribution in [0.5, 0.6) is 0 Å². The SMILES string of the molecule is c1ccc2nc(SCc3ccnc4ccccc34)cnc2c1. The molecule has 0 aliphatic carbocycles. The molecule has 2 aromatic carbocycles. The van der Waals surface area contributed by atoms with Gasteiger partial charge in [0, 0.05) is 17.3 Å². The van der Waals surface area contributed by atoms with E-state index in [1.807, 2.05) is 54.9 Å². The van der Waals surface area contributed by atoms with Crippen molar-refractivity contribution < 1.29 is 0 Å². The fourth-order valence-electron chi connectivity index (χ4n) is 2.44. The highest BCUT2D eigenvalue weighted by Gasteiger charge is 2.04. The number of para-hydroxylation sites is 3. The number of hydrogen-bond acceptors (Lipinski definition) is 4. The van der Waals surface area contributed by atoms with Crippen LogP contribution in [-0.2, 0) is 5.75 Å². The summed E-state index contributed by atoms with van der Waals surface area (Å²) in [7, 11) is 0. The van der Waals surface area contributed by atoms with Crippen LogP contribution < -0.4 is 0 Å². The lowest BCUT2D eigenvalue weighted by molar-refractivity contribution is 1.12. The Balaban J connectivity index is 1.63. The van der Waals surface area contributed by atoms with Crippen LogP contribution in [0.4, 0.5) is 0 Å². The van der Waals surface area contributed by atoms with Crippen molar-refractivity contribution in [2.24, 2.45) is 0 Å². The first-order valence-electron chi connectivity index (χ1n) is 7.07. The molecule has 106 valence electrons. The highest BCUT2D eigenvalue weighted by molar-refractivity contribution is 7.98. The minimum atomic E-state index is 0.857. The van der Waals surface area contributed by atoms with Gasteiger partial charge in [-0.3, -0.25) is 9.97 Å². The van der Waals surface area contributed by atoms with Gasteiger partial charge in [0.1, 0.15) is 5.03 Å². The summed E-state index contributed by atoms with van der Waals surface area (Å²) in [5, 5.41) is 2.14. The summed E-state index contributed by atoms with van der Waals surface area (Å²) in [5.41, 5.74) is 4.17. The number of rotatable bonds is 3. The molecule has 2 aromatic heterocycles. The molecule has 4 rings (SSSR count). The second-order valence-corrected chi connectivity index (χ2v) is 5.97. The van der Waals surface area contributed by atoms with E-state index < -0.39 is 0 Å². The smallest absolute Gasteiger partial charge is 0.115 e. The number of fused-ring (bicyclic) bond motifs is 2. The van der Waals surface area contributed by atoms with Crippen molar-refractivity contribution in [3.05, 3.63) is 72.6 Å². The molecule has 0 N–H and O–H groups in total. The number of aromatic nitrogens is 3. The van der Waals surface area contributed by atoms with Crippen molar-refractivity contribution in [2.45, 2.75) is 10.8 Å². The standard InChI is InChI=1S/C18H13N3S/c1-2-6-15-14(5-1)13(9-10-19-15)12-22-18-11-20-16-7-3-4-8-17(16)21-18/h1-11H,12H2. The Hall–Kier alpha value is -2.46. The molecule has 2 heterocycles. The minimum Gasteiger partial charge on any atom is -0.256 e. The molecule has 0 amide bonds. The summed E-state index contributed by atoms with van der Waals surface area (Å²) < 4.78 is 0. The van der Waals surface area contributed by atoms with E-state index in [2.05, 4.69) is 27.1 Å². The van der Waals surface area contributed by atoms with Crippen LogP contribution >= 0.6 is 11.8 Å². The Morgan fingerprint density at radius 1 is 0.773 bits per heavy atom. The van der Waals surface area contributed by atoms with Gasteiger partial charge >= 0.3 is 0 Å². The quantitative estimate of drug-likeness (QED) is 0.523. The van der Waals surface area contributed by atoms with Crippen LogP contribution in [0.2, 0.25) is 0 Å². The second kappa shape index (κ2) is 5.73. The maximum absolute atomic E-state index is 4.66. The summed E-state index contributed by atoms with van der Waals surface area (Å²) in [6.45, 7) is 0. The van der Waals surface area contributed by atoms with Crippen molar-refractivity contribution in [1.82, 2.24) is 15.0 Å². The van der Waals surface area contributed by atoms with E-state index in [1.165, 1.54) is 10.9 Å². The van der Waals surface area contributed by atoms with Crippen molar-refractivity contribution in [3.63, 3.8) is 0 Å². The zero-order valence-electron chi connectivity index (χ0n) is 11.8. The number of nitrogens with zero attached hydrogens (tertiary/aromatic N) is 3. The monoisotopic (exact) mass is 303 g/mol. The average Bonchev–Trinajstić information content (AvgIpc) is 2.60. The summed E-state index contributed by atoms with van der Waals surface area (Å²) in [6.07, 6.45) is 3.71. The van der Waals surface area contributed by atoms with Gasteiger partial charge in [-0.05, 0) is 29.8 Å². The molecule has 0 atom stereocenters. The van der Waals surface area contributed by atoms with Crippen LogP contribution in [0.25, 0.3) is 21.9 Å². The van der Waals surface area contributed by atoms with Gasteiger partial charge in [0.15, 0.2) is 0 Å². The molecular weight excluding hydrogens is 290 g/mol. The third-order valence-electron chi connectivity index (χ3n) is 3.54. The second-order valence-electron chi connectivity index (χ2n) is 4.97. The predicted molar refractivity (Wildman–Crippen MR) is 90.8 cm³/mol. The number of benzene rings is 2. The summed E-state index contributed by atoms with van der Waals surface area (Å²) in [6, 6.07) is 18.2. The molecular formula is C18H13N3S. The fourth-order valence-corrected chi connectivity index (χ4v) is 3.29.